The number of benzene rings is 3. The largest absolute Gasteiger partial charge is 0.507 e. The van der Waals surface area contributed by atoms with Gasteiger partial charge in [-0.05, 0) is 159 Å². The fourth-order valence-electron chi connectivity index (χ4n) is 6.43. The van der Waals surface area contributed by atoms with E-state index in [-0.39, 0.29) is 5.41 Å². The maximum atomic E-state index is 10.8. The summed E-state index contributed by atoms with van der Waals surface area (Å²) < 4.78 is 0. The molecule has 0 bridgehead atoms. The van der Waals surface area contributed by atoms with Crippen LogP contribution in [0.1, 0.15) is 106 Å². The number of aryl methyl sites for hydroxylation is 4. The Balaban J connectivity index is 0.000000384. The van der Waals surface area contributed by atoms with Gasteiger partial charge in [0.05, 0.1) is 0 Å². The molecule has 0 saturated carbocycles. The molecule has 0 aliphatic heterocycles. The molecule has 0 fully saturated rings. The Kier molecular flexibility index (Phi) is 9.41. The van der Waals surface area contributed by atoms with E-state index < -0.39 is 0 Å². The molecule has 0 unspecified atom stereocenters. The highest BCUT2D eigenvalue weighted by Gasteiger charge is 2.30. The Bertz CT molecular complexity index is 1330. The van der Waals surface area contributed by atoms with Crippen molar-refractivity contribution >= 4 is 0 Å². The van der Waals surface area contributed by atoms with Crippen LogP contribution in [0.25, 0.3) is 0 Å². The number of phenolic OH excluding ortho intramolecular Hbond substituents is 3. The molecule has 3 rings (SSSR count). The summed E-state index contributed by atoms with van der Waals surface area (Å²) in [6.45, 7) is 29.1. The predicted molar refractivity (Wildman–Crippen MR) is 163 cm³/mol. The van der Waals surface area contributed by atoms with Gasteiger partial charge in [0, 0.05) is 0 Å². The summed E-state index contributed by atoms with van der Waals surface area (Å²) >= 11 is 0. The van der Waals surface area contributed by atoms with Gasteiger partial charge in [-0.2, -0.15) is 0 Å². The molecular formula is C35H50O3. The monoisotopic (exact) mass is 518 g/mol. The van der Waals surface area contributed by atoms with E-state index in [0.717, 1.165) is 39.8 Å². The lowest BCUT2D eigenvalue weighted by Crippen LogP contribution is -2.25. The van der Waals surface area contributed by atoms with Crippen molar-refractivity contribution in [3.05, 3.63) is 84.5 Å². The van der Waals surface area contributed by atoms with E-state index in [4.69, 9.17) is 0 Å². The standard InChI is InChI=1S/C25H36O2.C10H14O/c1-13(2)21-16(5)20(17(6)24(27)18(21)7)12-25(9,10)22-14(3)11-15(4)23(26)19(22)8;1-6-5-7(2)10(11)9(4)8(6)3/h11,13,26-27H,12H2,1-10H3;5,11H,1-4H3. The van der Waals surface area contributed by atoms with Crippen molar-refractivity contribution in [1.82, 2.24) is 0 Å². The molecule has 38 heavy (non-hydrogen) atoms. The first-order chi connectivity index (χ1) is 17.3. The summed E-state index contributed by atoms with van der Waals surface area (Å²) in [5.74, 6) is 1.63. The SMILES string of the molecule is Cc1cc(C)c(C(C)(C)Cc2c(C)c(O)c(C)c(C(C)C)c2C)c(C)c1O.Cc1cc(C)c(O)c(C)c1C. The Morgan fingerprint density at radius 3 is 1.53 bits per heavy atom. The molecule has 3 N–H and O–H groups in total. The summed E-state index contributed by atoms with van der Waals surface area (Å²) in [7, 11) is 0. The van der Waals surface area contributed by atoms with Crippen molar-refractivity contribution in [3.8, 4) is 17.2 Å². The Hall–Kier alpha value is -2.94. The number of phenols is 3. The van der Waals surface area contributed by atoms with Gasteiger partial charge in [0.15, 0.2) is 0 Å². The van der Waals surface area contributed by atoms with E-state index in [0.29, 0.717) is 23.2 Å². The van der Waals surface area contributed by atoms with Gasteiger partial charge in [0.1, 0.15) is 17.2 Å². The fourth-order valence-corrected chi connectivity index (χ4v) is 6.43. The minimum absolute atomic E-state index is 0.162. The highest BCUT2D eigenvalue weighted by atomic mass is 16.3. The van der Waals surface area contributed by atoms with Gasteiger partial charge in [0.2, 0.25) is 0 Å². The van der Waals surface area contributed by atoms with Crippen LogP contribution < -0.4 is 0 Å². The van der Waals surface area contributed by atoms with Crippen LogP contribution in [-0.2, 0) is 11.8 Å². The second kappa shape index (κ2) is 11.4. The third kappa shape index (κ3) is 5.87. The molecule has 0 atom stereocenters. The van der Waals surface area contributed by atoms with Crippen LogP contribution in [0.5, 0.6) is 17.2 Å². The molecule has 0 aromatic heterocycles. The molecule has 0 aliphatic carbocycles. The van der Waals surface area contributed by atoms with Crippen LogP contribution in [0.15, 0.2) is 12.1 Å². The Morgan fingerprint density at radius 2 is 1.03 bits per heavy atom. The molecule has 0 radical (unpaired) electrons. The molecule has 3 heteroatoms. The maximum absolute atomic E-state index is 10.8. The molecule has 3 aromatic carbocycles. The fraction of sp³-hybridized carbons (Fsp3) is 0.486. The number of aromatic hydroxyl groups is 3. The number of rotatable bonds is 4. The van der Waals surface area contributed by atoms with Gasteiger partial charge >= 0.3 is 0 Å². The lowest BCUT2D eigenvalue weighted by molar-refractivity contribution is 0.451. The second-order valence-corrected chi connectivity index (χ2v) is 12.3. The third-order valence-electron chi connectivity index (χ3n) is 8.54. The zero-order valence-electron chi connectivity index (χ0n) is 26.3. The summed E-state index contributed by atoms with van der Waals surface area (Å²) in [4.78, 5) is 0. The topological polar surface area (TPSA) is 60.7 Å². The van der Waals surface area contributed by atoms with E-state index in [2.05, 4.69) is 54.5 Å². The van der Waals surface area contributed by atoms with Crippen molar-refractivity contribution in [3.63, 3.8) is 0 Å². The van der Waals surface area contributed by atoms with Gasteiger partial charge in [-0.3, -0.25) is 0 Å². The minimum Gasteiger partial charge on any atom is -0.507 e. The van der Waals surface area contributed by atoms with Crippen molar-refractivity contribution in [2.24, 2.45) is 0 Å². The van der Waals surface area contributed by atoms with Gasteiger partial charge in [-0.25, -0.2) is 0 Å². The predicted octanol–water partition coefficient (Wildman–Crippen LogP) is 9.22. The quantitative estimate of drug-likeness (QED) is 0.322. The molecule has 0 amide bonds. The lowest BCUT2D eigenvalue weighted by Gasteiger charge is -2.32. The zero-order valence-corrected chi connectivity index (χ0v) is 26.3. The lowest BCUT2D eigenvalue weighted by atomic mass is 9.72. The average Bonchev–Trinajstić information content (AvgIpc) is 2.81. The normalized spacial score (nSPS) is 11.6. The Labute approximate surface area is 231 Å². The van der Waals surface area contributed by atoms with Gasteiger partial charge < -0.3 is 15.3 Å². The molecule has 0 aliphatic rings. The molecule has 3 nitrogen and oxygen atoms in total. The van der Waals surface area contributed by atoms with Crippen LogP contribution in [0.3, 0.4) is 0 Å². The van der Waals surface area contributed by atoms with Crippen molar-refractivity contribution < 1.29 is 15.3 Å². The maximum Gasteiger partial charge on any atom is 0.121 e. The summed E-state index contributed by atoms with van der Waals surface area (Å²) in [5, 5.41) is 30.8. The van der Waals surface area contributed by atoms with E-state index in [9.17, 15) is 15.3 Å². The summed E-state index contributed by atoms with van der Waals surface area (Å²) in [5.41, 5.74) is 14.3. The highest BCUT2D eigenvalue weighted by molar-refractivity contribution is 5.57. The molecule has 0 heterocycles. The zero-order chi connectivity index (χ0) is 29.4. The van der Waals surface area contributed by atoms with Gasteiger partial charge in [-0.1, -0.05) is 39.8 Å². The molecule has 3 aromatic rings. The second-order valence-electron chi connectivity index (χ2n) is 12.3. The molecule has 0 spiro atoms. The average molecular weight is 519 g/mol. The summed E-state index contributed by atoms with van der Waals surface area (Å²) in [6, 6.07) is 4.09. The van der Waals surface area contributed by atoms with E-state index in [1.165, 1.54) is 38.9 Å². The first-order valence-corrected chi connectivity index (χ1v) is 13.7. The van der Waals surface area contributed by atoms with Crippen molar-refractivity contribution in [2.45, 2.75) is 115 Å². The first kappa shape index (κ1) is 31.3. The van der Waals surface area contributed by atoms with Crippen molar-refractivity contribution in [1.29, 1.82) is 0 Å². The van der Waals surface area contributed by atoms with E-state index >= 15 is 0 Å². The van der Waals surface area contributed by atoms with E-state index in [1.54, 1.807) is 0 Å². The van der Waals surface area contributed by atoms with Gasteiger partial charge in [0.25, 0.3) is 0 Å². The van der Waals surface area contributed by atoms with Crippen LogP contribution in [0.2, 0.25) is 0 Å². The van der Waals surface area contributed by atoms with Gasteiger partial charge in [-0.15, -0.1) is 0 Å². The molecule has 0 saturated heterocycles. The summed E-state index contributed by atoms with van der Waals surface area (Å²) in [6.07, 6.45) is 0.822. The smallest absolute Gasteiger partial charge is 0.121 e. The van der Waals surface area contributed by atoms with Crippen LogP contribution in [-0.4, -0.2) is 15.3 Å². The van der Waals surface area contributed by atoms with Crippen LogP contribution in [0.4, 0.5) is 0 Å². The minimum atomic E-state index is -0.162. The van der Waals surface area contributed by atoms with Crippen molar-refractivity contribution in [2.75, 3.05) is 0 Å². The van der Waals surface area contributed by atoms with Crippen LogP contribution in [0, 0.1) is 69.2 Å². The molecular weight excluding hydrogens is 468 g/mol. The Morgan fingerprint density at radius 1 is 0.553 bits per heavy atom. The number of hydrogen-bond donors (Lipinski definition) is 3. The first-order valence-electron chi connectivity index (χ1n) is 13.7. The highest BCUT2D eigenvalue weighted by Crippen LogP contribution is 2.42. The number of hydrogen-bond acceptors (Lipinski definition) is 3. The third-order valence-corrected chi connectivity index (χ3v) is 8.54. The van der Waals surface area contributed by atoms with E-state index in [1.807, 2.05) is 54.5 Å². The van der Waals surface area contributed by atoms with Crippen LogP contribution >= 0.6 is 0 Å². The molecule has 208 valence electrons.